The highest BCUT2D eigenvalue weighted by Crippen LogP contribution is 2.29. The number of thiazole rings is 1. The monoisotopic (exact) mass is 710 g/mol. The summed E-state index contributed by atoms with van der Waals surface area (Å²) in [5.41, 5.74) is -4.21. The molecule has 0 atom stereocenters. The van der Waals surface area contributed by atoms with Crippen LogP contribution in [0.15, 0.2) is 66.7 Å². The number of hydrogen-bond acceptors (Lipinski definition) is 9. The highest BCUT2D eigenvalue weighted by atomic mass is 127. The standard InChI is InChI=1S/C24H21IN2O4S.CHF3O3S/c1-3-30-15-31-20-11-12-21-22(14-20)32-24(26-21)27-23(28)16-5-4-6-18(13-16)25-17-7-9-19(29-2)10-8-17;2-1(3,4)8(5,6)7/h4-14H,3,15H2,1-2H3;(H,5,6,7). The Bertz CT molecular complexity index is 1550. The van der Waals surface area contributed by atoms with Crippen molar-refractivity contribution in [2.45, 2.75) is 12.4 Å². The quantitative estimate of drug-likeness (QED) is 0.0921. The van der Waals surface area contributed by atoms with Gasteiger partial charge in [0.1, 0.15) is 11.5 Å². The van der Waals surface area contributed by atoms with E-state index < -0.39 is 36.8 Å². The molecule has 214 valence electrons. The van der Waals surface area contributed by atoms with E-state index in [0.29, 0.717) is 23.1 Å². The summed E-state index contributed by atoms with van der Waals surface area (Å²) < 4.78 is 78.3. The third kappa shape index (κ3) is 9.29. The van der Waals surface area contributed by atoms with Crippen molar-refractivity contribution in [3.63, 3.8) is 0 Å². The average Bonchev–Trinajstić information content (AvgIpc) is 3.30. The summed E-state index contributed by atoms with van der Waals surface area (Å²) in [4.78, 5) is 17.3. The second-order valence-electron chi connectivity index (χ2n) is 7.52. The van der Waals surface area contributed by atoms with Crippen molar-refractivity contribution >= 4 is 42.7 Å². The van der Waals surface area contributed by atoms with Gasteiger partial charge in [0.2, 0.25) is 0 Å². The number of rotatable bonds is 9. The van der Waals surface area contributed by atoms with E-state index in [2.05, 4.69) is 28.5 Å². The second kappa shape index (κ2) is 14.1. The maximum absolute atomic E-state index is 12.8. The molecule has 1 heterocycles. The lowest BCUT2D eigenvalue weighted by molar-refractivity contribution is -0.597. The minimum absolute atomic E-state index is 0.169. The van der Waals surface area contributed by atoms with Crippen LogP contribution in [0.25, 0.3) is 10.2 Å². The fourth-order valence-electron chi connectivity index (χ4n) is 2.86. The normalized spacial score (nSPS) is 11.4. The molecule has 3 aromatic carbocycles. The van der Waals surface area contributed by atoms with Gasteiger partial charge in [-0.15, -0.1) is 0 Å². The molecule has 40 heavy (non-hydrogen) atoms. The molecule has 4 aromatic rings. The fourth-order valence-corrected chi connectivity index (χ4v) is 6.06. The van der Waals surface area contributed by atoms with E-state index in [0.717, 1.165) is 16.0 Å². The highest BCUT2D eigenvalue weighted by Gasteiger charge is 2.36. The maximum Gasteiger partial charge on any atom is 0.485 e. The van der Waals surface area contributed by atoms with Gasteiger partial charge in [0.15, 0.2) is 29.2 Å². The lowest BCUT2D eigenvalue weighted by Crippen LogP contribution is -3.61. The minimum atomic E-state index is -6.09. The molecule has 0 aliphatic rings. The number of anilines is 1. The van der Waals surface area contributed by atoms with Crippen molar-refractivity contribution in [1.29, 1.82) is 0 Å². The lowest BCUT2D eigenvalue weighted by atomic mass is 10.2. The van der Waals surface area contributed by atoms with Crippen LogP contribution < -0.4 is 36.0 Å². The number of carbonyl (C=O) groups is 1. The van der Waals surface area contributed by atoms with E-state index in [1.165, 1.54) is 18.5 Å². The molecule has 1 N–H and O–H groups in total. The number of amides is 1. The molecule has 0 saturated heterocycles. The van der Waals surface area contributed by atoms with Gasteiger partial charge in [0, 0.05) is 18.2 Å². The first-order chi connectivity index (χ1) is 18.9. The Morgan fingerprint density at radius 3 is 2.35 bits per heavy atom. The molecule has 0 fully saturated rings. The number of nitrogens with zero attached hydrogens (tertiary/aromatic N) is 1. The molecule has 0 radical (unpaired) electrons. The number of alkyl halides is 3. The van der Waals surface area contributed by atoms with Crippen LogP contribution in [0.1, 0.15) is 17.3 Å². The van der Waals surface area contributed by atoms with Gasteiger partial charge in [-0.25, -0.2) is 13.4 Å². The Morgan fingerprint density at radius 2 is 1.73 bits per heavy atom. The second-order valence-corrected chi connectivity index (χ2v) is 13.0. The van der Waals surface area contributed by atoms with Gasteiger partial charge in [-0.1, -0.05) is 17.4 Å². The van der Waals surface area contributed by atoms with Crippen molar-refractivity contribution in [2.75, 3.05) is 25.8 Å². The van der Waals surface area contributed by atoms with Crippen LogP contribution in [-0.2, 0) is 14.9 Å². The maximum atomic E-state index is 12.8. The molecular formula is C25H22F3IN2O7S2. The van der Waals surface area contributed by atoms with Gasteiger partial charge in [-0.05, 0) is 61.5 Å². The van der Waals surface area contributed by atoms with Crippen LogP contribution in [0.5, 0.6) is 11.5 Å². The molecule has 0 saturated carbocycles. The third-order valence-electron chi connectivity index (χ3n) is 4.73. The molecule has 0 aliphatic carbocycles. The lowest BCUT2D eigenvalue weighted by Gasteiger charge is -2.08. The number of aromatic nitrogens is 1. The summed E-state index contributed by atoms with van der Waals surface area (Å²) in [6.07, 6.45) is 0. The number of fused-ring (bicyclic) bond motifs is 1. The van der Waals surface area contributed by atoms with Gasteiger partial charge < -0.3 is 18.8 Å². The topological polar surface area (TPSA) is 127 Å². The van der Waals surface area contributed by atoms with E-state index >= 15 is 0 Å². The fraction of sp³-hybridized carbons (Fsp3) is 0.200. The molecule has 0 spiro atoms. The predicted molar refractivity (Wildman–Crippen MR) is 137 cm³/mol. The Balaban J connectivity index is 0.000000482. The van der Waals surface area contributed by atoms with Crippen LogP contribution >= 0.6 is 11.3 Å². The zero-order chi connectivity index (χ0) is 29.3. The van der Waals surface area contributed by atoms with Gasteiger partial charge in [-0.2, -0.15) is 13.2 Å². The third-order valence-corrected chi connectivity index (χ3v) is 8.87. The number of halogens is 4. The van der Waals surface area contributed by atoms with Gasteiger partial charge in [0.05, 0.1) is 17.3 Å². The molecule has 4 rings (SSSR count). The number of nitrogens with one attached hydrogen (secondary N) is 1. The van der Waals surface area contributed by atoms with Crippen molar-refractivity contribution in [2.24, 2.45) is 0 Å². The Hall–Kier alpha value is -2.99. The first kappa shape index (κ1) is 31.5. The van der Waals surface area contributed by atoms with Crippen LogP contribution in [0.3, 0.4) is 0 Å². The summed E-state index contributed by atoms with van der Waals surface area (Å²) in [5, 5.41) is 3.48. The SMILES string of the molecule is CCOCOc1ccc2nc(NC(=O)c3cccc([I+]c4ccc(OC)cc4)c3)sc2c1.O=S(=O)([O-])C(F)(F)F. The van der Waals surface area contributed by atoms with Crippen molar-refractivity contribution in [1.82, 2.24) is 4.98 Å². The smallest absolute Gasteiger partial charge is 0.485 e. The molecule has 1 aromatic heterocycles. The van der Waals surface area contributed by atoms with Gasteiger partial charge >= 0.3 is 26.7 Å². The number of ether oxygens (including phenoxy) is 3. The summed E-state index contributed by atoms with van der Waals surface area (Å²) >= 11 is 1.02. The molecule has 0 unspecified atom stereocenters. The van der Waals surface area contributed by atoms with Crippen LogP contribution in [0.4, 0.5) is 18.3 Å². The number of carbonyl (C=O) groups excluding carboxylic acids is 1. The molecule has 9 nitrogen and oxygen atoms in total. The molecule has 0 aliphatic heterocycles. The minimum Gasteiger partial charge on any atom is -0.741 e. The number of methoxy groups -OCH3 is 1. The molecular weight excluding hydrogens is 688 g/mol. The Labute approximate surface area is 242 Å². The summed E-state index contributed by atoms with van der Waals surface area (Å²) in [7, 11) is -4.43. The largest absolute Gasteiger partial charge is 0.741 e. The zero-order valence-electron chi connectivity index (χ0n) is 20.9. The van der Waals surface area contributed by atoms with E-state index in [9.17, 15) is 18.0 Å². The van der Waals surface area contributed by atoms with E-state index in [1.807, 2.05) is 55.5 Å². The highest BCUT2D eigenvalue weighted by molar-refractivity contribution is 7.86. The van der Waals surface area contributed by atoms with Crippen LogP contribution in [0.2, 0.25) is 0 Å². The number of hydrogen-bond donors (Lipinski definition) is 1. The average molecular weight is 710 g/mol. The summed E-state index contributed by atoms with van der Waals surface area (Å²) in [6, 6.07) is 21.5. The number of benzene rings is 3. The van der Waals surface area contributed by atoms with E-state index in [4.69, 9.17) is 27.2 Å². The van der Waals surface area contributed by atoms with Crippen molar-refractivity contribution in [3.05, 3.63) is 79.4 Å². The summed E-state index contributed by atoms with van der Waals surface area (Å²) in [5.74, 6) is 1.38. The van der Waals surface area contributed by atoms with Crippen molar-refractivity contribution < 1.29 is 66.4 Å². The Morgan fingerprint density at radius 1 is 1.05 bits per heavy atom. The van der Waals surface area contributed by atoms with Gasteiger partial charge in [0.25, 0.3) is 5.91 Å². The molecule has 1 amide bonds. The van der Waals surface area contributed by atoms with Crippen molar-refractivity contribution in [3.8, 4) is 11.5 Å². The summed E-state index contributed by atoms with van der Waals surface area (Å²) in [6.45, 7) is 2.73. The van der Waals surface area contributed by atoms with E-state index in [-0.39, 0.29) is 12.7 Å². The van der Waals surface area contributed by atoms with Crippen LogP contribution in [0, 0.1) is 7.14 Å². The molecule has 0 bridgehead atoms. The Kier molecular flexibility index (Phi) is 11.1. The van der Waals surface area contributed by atoms with E-state index in [1.54, 1.807) is 7.11 Å². The van der Waals surface area contributed by atoms with Crippen LogP contribution in [-0.4, -0.2) is 49.9 Å². The zero-order valence-corrected chi connectivity index (χ0v) is 24.7. The van der Waals surface area contributed by atoms with Gasteiger partial charge in [-0.3, -0.25) is 10.1 Å². The molecule has 15 heteroatoms. The first-order valence-electron chi connectivity index (χ1n) is 11.2. The first-order valence-corrected chi connectivity index (χ1v) is 15.6. The predicted octanol–water partition coefficient (Wildman–Crippen LogP) is 2.11.